The SMILES string of the molecule is CCC(C)NC(=O)c1cccc(CNC(=O)c2nn(C(C)C)c(=O)c3ccccc23)c1. The molecule has 2 N–H and O–H groups in total. The van der Waals surface area contributed by atoms with E-state index in [0.717, 1.165) is 12.0 Å². The van der Waals surface area contributed by atoms with E-state index in [0.29, 0.717) is 16.3 Å². The predicted molar refractivity (Wildman–Crippen MR) is 121 cm³/mol. The number of aromatic nitrogens is 2. The number of rotatable bonds is 7. The minimum atomic E-state index is -0.375. The molecule has 0 saturated carbocycles. The van der Waals surface area contributed by atoms with Gasteiger partial charge in [0.05, 0.1) is 11.4 Å². The molecule has 0 radical (unpaired) electrons. The van der Waals surface area contributed by atoms with Crippen LogP contribution in [0.25, 0.3) is 10.8 Å². The lowest BCUT2D eigenvalue weighted by molar-refractivity contribution is 0.0935. The van der Waals surface area contributed by atoms with Crippen LogP contribution < -0.4 is 16.2 Å². The number of hydrogen-bond acceptors (Lipinski definition) is 4. The lowest BCUT2D eigenvalue weighted by Crippen LogP contribution is -2.32. The summed E-state index contributed by atoms with van der Waals surface area (Å²) in [4.78, 5) is 38.0. The van der Waals surface area contributed by atoms with Gasteiger partial charge in [0.1, 0.15) is 0 Å². The summed E-state index contributed by atoms with van der Waals surface area (Å²) in [5, 5.41) is 11.1. The fourth-order valence-electron chi connectivity index (χ4n) is 3.22. The molecule has 1 unspecified atom stereocenters. The predicted octanol–water partition coefficient (Wildman–Crippen LogP) is 3.44. The molecule has 162 valence electrons. The molecule has 7 heteroatoms. The monoisotopic (exact) mass is 420 g/mol. The van der Waals surface area contributed by atoms with Crippen LogP contribution in [0.2, 0.25) is 0 Å². The maximum atomic E-state index is 13.0. The fraction of sp³-hybridized carbons (Fsp3) is 0.333. The number of benzene rings is 2. The molecule has 0 aliphatic heterocycles. The van der Waals surface area contributed by atoms with Gasteiger partial charge >= 0.3 is 0 Å². The van der Waals surface area contributed by atoms with Crippen LogP contribution in [-0.4, -0.2) is 27.6 Å². The van der Waals surface area contributed by atoms with Crippen molar-refractivity contribution >= 4 is 22.6 Å². The molecule has 2 aromatic carbocycles. The normalized spacial score (nSPS) is 12.0. The van der Waals surface area contributed by atoms with E-state index >= 15 is 0 Å². The summed E-state index contributed by atoms with van der Waals surface area (Å²) < 4.78 is 1.33. The molecule has 3 aromatic rings. The van der Waals surface area contributed by atoms with E-state index in [1.54, 1.807) is 42.5 Å². The van der Waals surface area contributed by atoms with Crippen molar-refractivity contribution in [1.82, 2.24) is 20.4 Å². The minimum Gasteiger partial charge on any atom is -0.350 e. The third kappa shape index (κ3) is 4.99. The van der Waals surface area contributed by atoms with Gasteiger partial charge in [-0.2, -0.15) is 5.10 Å². The standard InChI is InChI=1S/C24H28N4O3/c1-5-16(4)26-22(29)18-10-8-9-17(13-18)14-25-23(30)21-19-11-6-7-12-20(19)24(31)28(27-21)15(2)3/h6-13,15-16H,5,14H2,1-4H3,(H,25,30)(H,26,29). The highest BCUT2D eigenvalue weighted by atomic mass is 16.2. The molecular weight excluding hydrogens is 392 g/mol. The fourth-order valence-corrected chi connectivity index (χ4v) is 3.22. The topological polar surface area (TPSA) is 93.1 Å². The Balaban J connectivity index is 1.83. The quantitative estimate of drug-likeness (QED) is 0.612. The first-order valence-corrected chi connectivity index (χ1v) is 10.5. The Hall–Kier alpha value is -3.48. The van der Waals surface area contributed by atoms with Crippen molar-refractivity contribution in [1.29, 1.82) is 0 Å². The highest BCUT2D eigenvalue weighted by Gasteiger charge is 2.18. The molecule has 1 aromatic heterocycles. The van der Waals surface area contributed by atoms with Crippen LogP contribution in [0, 0.1) is 0 Å². The summed E-state index contributed by atoms with van der Waals surface area (Å²) in [5.41, 5.74) is 1.33. The van der Waals surface area contributed by atoms with Crippen LogP contribution in [0.15, 0.2) is 53.3 Å². The van der Waals surface area contributed by atoms with Crippen LogP contribution in [0.4, 0.5) is 0 Å². The Morgan fingerprint density at radius 3 is 2.39 bits per heavy atom. The molecule has 0 spiro atoms. The largest absolute Gasteiger partial charge is 0.350 e. The highest BCUT2D eigenvalue weighted by molar-refractivity contribution is 6.04. The van der Waals surface area contributed by atoms with Gasteiger partial charge in [-0.1, -0.05) is 37.3 Å². The number of hydrogen-bond donors (Lipinski definition) is 2. The zero-order valence-electron chi connectivity index (χ0n) is 18.3. The molecular formula is C24H28N4O3. The summed E-state index contributed by atoms with van der Waals surface area (Å²) in [7, 11) is 0. The average molecular weight is 421 g/mol. The number of carbonyl (C=O) groups excluding carboxylic acids is 2. The van der Waals surface area contributed by atoms with Crippen molar-refractivity contribution in [2.75, 3.05) is 0 Å². The summed E-state index contributed by atoms with van der Waals surface area (Å²) in [6, 6.07) is 14.0. The van der Waals surface area contributed by atoms with Gasteiger partial charge in [0.25, 0.3) is 17.4 Å². The second-order valence-corrected chi connectivity index (χ2v) is 7.90. The van der Waals surface area contributed by atoms with Crippen molar-refractivity contribution < 1.29 is 9.59 Å². The summed E-state index contributed by atoms with van der Waals surface area (Å²) in [6.45, 7) is 7.90. The number of carbonyl (C=O) groups is 2. The maximum absolute atomic E-state index is 13.0. The lowest BCUT2D eigenvalue weighted by Gasteiger charge is -2.14. The van der Waals surface area contributed by atoms with Gasteiger partial charge in [0.2, 0.25) is 0 Å². The zero-order valence-corrected chi connectivity index (χ0v) is 18.3. The first kappa shape index (κ1) is 22.2. The van der Waals surface area contributed by atoms with Gasteiger partial charge < -0.3 is 10.6 Å². The number of fused-ring (bicyclic) bond motifs is 1. The van der Waals surface area contributed by atoms with E-state index in [-0.39, 0.29) is 41.7 Å². The molecule has 1 atom stereocenters. The van der Waals surface area contributed by atoms with Crippen LogP contribution in [-0.2, 0) is 6.54 Å². The Labute approximate surface area is 181 Å². The van der Waals surface area contributed by atoms with Crippen molar-refractivity contribution in [2.45, 2.75) is 52.7 Å². The Morgan fingerprint density at radius 2 is 1.71 bits per heavy atom. The van der Waals surface area contributed by atoms with Gasteiger partial charge in [-0.15, -0.1) is 0 Å². The average Bonchev–Trinajstić information content (AvgIpc) is 2.77. The van der Waals surface area contributed by atoms with E-state index in [9.17, 15) is 14.4 Å². The molecule has 0 aliphatic carbocycles. The van der Waals surface area contributed by atoms with Crippen LogP contribution in [0.1, 0.15) is 66.6 Å². The first-order chi connectivity index (χ1) is 14.8. The second kappa shape index (κ2) is 9.55. The molecule has 2 amide bonds. The van der Waals surface area contributed by atoms with Crippen LogP contribution >= 0.6 is 0 Å². The molecule has 3 rings (SSSR count). The Morgan fingerprint density at radius 1 is 1.00 bits per heavy atom. The Bertz CT molecular complexity index is 1170. The lowest BCUT2D eigenvalue weighted by atomic mass is 10.1. The highest BCUT2D eigenvalue weighted by Crippen LogP contribution is 2.15. The first-order valence-electron chi connectivity index (χ1n) is 10.5. The third-order valence-corrected chi connectivity index (χ3v) is 5.16. The van der Waals surface area contributed by atoms with Gasteiger partial charge in [-0.25, -0.2) is 4.68 Å². The van der Waals surface area contributed by atoms with Gasteiger partial charge in [-0.3, -0.25) is 14.4 Å². The summed E-state index contributed by atoms with van der Waals surface area (Å²) >= 11 is 0. The van der Waals surface area contributed by atoms with Crippen LogP contribution in [0.3, 0.4) is 0 Å². The summed E-state index contributed by atoms with van der Waals surface area (Å²) in [6.07, 6.45) is 0.848. The minimum absolute atomic E-state index is 0.0897. The smallest absolute Gasteiger partial charge is 0.274 e. The number of nitrogens with zero attached hydrogens (tertiary/aromatic N) is 2. The van der Waals surface area contributed by atoms with Crippen LogP contribution in [0.5, 0.6) is 0 Å². The van der Waals surface area contributed by atoms with E-state index in [4.69, 9.17) is 0 Å². The zero-order chi connectivity index (χ0) is 22.5. The maximum Gasteiger partial charge on any atom is 0.274 e. The van der Waals surface area contributed by atoms with Gasteiger partial charge in [0, 0.05) is 23.5 Å². The van der Waals surface area contributed by atoms with E-state index in [2.05, 4.69) is 15.7 Å². The van der Waals surface area contributed by atoms with E-state index in [1.807, 2.05) is 33.8 Å². The molecule has 0 saturated heterocycles. The molecule has 1 heterocycles. The van der Waals surface area contributed by atoms with Gasteiger partial charge in [-0.05, 0) is 51.0 Å². The van der Waals surface area contributed by atoms with Crippen molar-refractivity contribution in [3.63, 3.8) is 0 Å². The summed E-state index contributed by atoms with van der Waals surface area (Å²) in [5.74, 6) is -0.515. The van der Waals surface area contributed by atoms with Crippen molar-refractivity contribution in [3.8, 4) is 0 Å². The molecule has 0 fully saturated rings. The van der Waals surface area contributed by atoms with E-state index in [1.165, 1.54) is 4.68 Å². The number of amides is 2. The van der Waals surface area contributed by atoms with E-state index < -0.39 is 0 Å². The Kier molecular flexibility index (Phi) is 6.84. The number of nitrogens with one attached hydrogen (secondary N) is 2. The van der Waals surface area contributed by atoms with Crippen molar-refractivity contribution in [2.24, 2.45) is 0 Å². The molecule has 0 aliphatic rings. The molecule has 31 heavy (non-hydrogen) atoms. The molecule has 7 nitrogen and oxygen atoms in total. The van der Waals surface area contributed by atoms with Crippen molar-refractivity contribution in [3.05, 3.63) is 75.7 Å². The molecule has 0 bridgehead atoms. The second-order valence-electron chi connectivity index (χ2n) is 7.90. The third-order valence-electron chi connectivity index (χ3n) is 5.16. The van der Waals surface area contributed by atoms with Gasteiger partial charge in [0.15, 0.2) is 5.69 Å².